The first-order valence-electron chi connectivity index (χ1n) is 6.48. The minimum atomic E-state index is 0.707. The highest BCUT2D eigenvalue weighted by atomic mass is 35.5. The predicted octanol–water partition coefficient (Wildman–Crippen LogP) is 3.42. The van der Waals surface area contributed by atoms with E-state index in [0.29, 0.717) is 10.0 Å². The minimum absolute atomic E-state index is 0.707. The van der Waals surface area contributed by atoms with Crippen molar-refractivity contribution in [3.05, 3.63) is 33.8 Å². The number of halogens is 2. The van der Waals surface area contributed by atoms with Gasteiger partial charge in [-0.15, -0.1) is 0 Å². The van der Waals surface area contributed by atoms with Gasteiger partial charge in [-0.2, -0.15) is 0 Å². The second kappa shape index (κ2) is 6.76. The Bertz CT molecular complexity index is 367. The molecule has 1 N–H and O–H groups in total. The van der Waals surface area contributed by atoms with E-state index in [-0.39, 0.29) is 0 Å². The van der Waals surface area contributed by atoms with Gasteiger partial charge in [-0.3, -0.25) is 0 Å². The lowest BCUT2D eigenvalue weighted by atomic mass is 9.97. The molecule has 0 spiro atoms. The van der Waals surface area contributed by atoms with Gasteiger partial charge >= 0.3 is 0 Å². The van der Waals surface area contributed by atoms with Gasteiger partial charge in [0.1, 0.15) is 0 Å². The van der Waals surface area contributed by atoms with E-state index in [1.807, 2.05) is 12.1 Å². The topological polar surface area (TPSA) is 15.3 Å². The van der Waals surface area contributed by atoms with Crippen molar-refractivity contribution >= 4 is 23.2 Å². The molecular formula is C14H20Cl2N2. The van der Waals surface area contributed by atoms with Gasteiger partial charge in [-0.25, -0.2) is 0 Å². The van der Waals surface area contributed by atoms with Crippen LogP contribution >= 0.6 is 23.2 Å². The smallest absolute Gasteiger partial charge is 0.0424 e. The molecule has 2 rings (SSSR count). The average molecular weight is 287 g/mol. The molecule has 0 bridgehead atoms. The predicted molar refractivity (Wildman–Crippen MR) is 78.4 cm³/mol. The Hall–Kier alpha value is -0.280. The van der Waals surface area contributed by atoms with Crippen LogP contribution in [0.4, 0.5) is 0 Å². The highest BCUT2D eigenvalue weighted by molar-refractivity contribution is 6.34. The second-order valence-corrected chi connectivity index (χ2v) is 6.03. The Morgan fingerprint density at radius 1 is 1.17 bits per heavy atom. The fourth-order valence-electron chi connectivity index (χ4n) is 2.40. The second-order valence-electron chi connectivity index (χ2n) is 5.16. The first-order valence-corrected chi connectivity index (χ1v) is 7.23. The van der Waals surface area contributed by atoms with Gasteiger partial charge in [-0.05, 0) is 69.2 Å². The number of piperidine rings is 1. The third kappa shape index (κ3) is 4.43. The van der Waals surface area contributed by atoms with E-state index < -0.39 is 0 Å². The number of benzene rings is 1. The molecule has 1 aromatic carbocycles. The first kappa shape index (κ1) is 14.1. The molecule has 1 heterocycles. The zero-order chi connectivity index (χ0) is 13.0. The van der Waals surface area contributed by atoms with Crippen molar-refractivity contribution in [1.29, 1.82) is 0 Å². The van der Waals surface area contributed by atoms with Gasteiger partial charge < -0.3 is 10.2 Å². The fourth-order valence-corrected chi connectivity index (χ4v) is 2.97. The maximum atomic E-state index is 5.98. The molecule has 1 aromatic rings. The van der Waals surface area contributed by atoms with Gasteiger partial charge in [0.15, 0.2) is 0 Å². The number of hydrogen-bond acceptors (Lipinski definition) is 2. The van der Waals surface area contributed by atoms with Crippen molar-refractivity contribution in [1.82, 2.24) is 10.2 Å². The molecule has 0 atom stereocenters. The van der Waals surface area contributed by atoms with Crippen LogP contribution in [0.5, 0.6) is 0 Å². The van der Waals surface area contributed by atoms with Crippen LogP contribution in [-0.4, -0.2) is 31.6 Å². The zero-order valence-corrected chi connectivity index (χ0v) is 12.3. The van der Waals surface area contributed by atoms with Gasteiger partial charge in [0.25, 0.3) is 0 Å². The molecule has 0 radical (unpaired) electrons. The van der Waals surface area contributed by atoms with Crippen molar-refractivity contribution in [2.24, 2.45) is 5.92 Å². The Labute approximate surface area is 119 Å². The van der Waals surface area contributed by atoms with Crippen LogP contribution in [0, 0.1) is 5.92 Å². The summed E-state index contributed by atoms with van der Waals surface area (Å²) in [6.07, 6.45) is 2.58. The largest absolute Gasteiger partial charge is 0.312 e. The summed E-state index contributed by atoms with van der Waals surface area (Å²) in [7, 11) is 2.19. The van der Waals surface area contributed by atoms with Crippen molar-refractivity contribution in [3.8, 4) is 0 Å². The summed E-state index contributed by atoms with van der Waals surface area (Å²) in [4.78, 5) is 2.40. The molecule has 1 fully saturated rings. The van der Waals surface area contributed by atoms with Crippen LogP contribution in [0.15, 0.2) is 18.2 Å². The molecule has 0 amide bonds. The van der Waals surface area contributed by atoms with E-state index in [9.17, 15) is 0 Å². The van der Waals surface area contributed by atoms with Crippen LogP contribution in [0.25, 0.3) is 0 Å². The fraction of sp³-hybridized carbons (Fsp3) is 0.571. The summed E-state index contributed by atoms with van der Waals surface area (Å²) in [5.41, 5.74) is 1.15. The molecule has 0 aromatic heterocycles. The van der Waals surface area contributed by atoms with Crippen LogP contribution in [0.3, 0.4) is 0 Å². The summed E-state index contributed by atoms with van der Waals surface area (Å²) in [6, 6.07) is 5.70. The molecule has 4 heteroatoms. The Morgan fingerprint density at radius 2 is 1.78 bits per heavy atom. The highest BCUT2D eigenvalue weighted by Gasteiger charge is 2.15. The average Bonchev–Trinajstić information content (AvgIpc) is 2.30. The number of hydrogen-bond donors (Lipinski definition) is 1. The SMILES string of the molecule is CN1CCC(CNCc2cc(Cl)cc(Cl)c2)CC1. The number of likely N-dealkylation sites (tertiary alicyclic amines) is 1. The molecular weight excluding hydrogens is 267 g/mol. The molecule has 0 aliphatic carbocycles. The molecule has 1 aliphatic rings. The molecule has 1 aliphatic heterocycles. The molecule has 2 nitrogen and oxygen atoms in total. The van der Waals surface area contributed by atoms with Gasteiger partial charge in [0.2, 0.25) is 0 Å². The van der Waals surface area contributed by atoms with Gasteiger partial charge in [0.05, 0.1) is 0 Å². The van der Waals surface area contributed by atoms with Crippen LogP contribution in [0.1, 0.15) is 18.4 Å². The third-order valence-electron chi connectivity index (χ3n) is 3.52. The lowest BCUT2D eigenvalue weighted by molar-refractivity contribution is 0.216. The van der Waals surface area contributed by atoms with Crippen LogP contribution < -0.4 is 5.32 Å². The number of nitrogens with zero attached hydrogens (tertiary/aromatic N) is 1. The van der Waals surface area contributed by atoms with E-state index in [1.54, 1.807) is 6.07 Å². The van der Waals surface area contributed by atoms with E-state index in [0.717, 1.165) is 24.6 Å². The molecule has 18 heavy (non-hydrogen) atoms. The Kier molecular flexibility index (Phi) is 5.31. The Morgan fingerprint density at radius 3 is 2.39 bits per heavy atom. The van der Waals surface area contributed by atoms with Crippen LogP contribution in [0.2, 0.25) is 10.0 Å². The minimum Gasteiger partial charge on any atom is -0.312 e. The monoisotopic (exact) mass is 286 g/mol. The summed E-state index contributed by atoms with van der Waals surface area (Å²) in [6.45, 7) is 4.36. The standard InChI is InChI=1S/C14H20Cl2N2/c1-18-4-2-11(3-5-18)9-17-10-12-6-13(15)8-14(16)7-12/h6-8,11,17H,2-5,9-10H2,1H3. The van der Waals surface area contributed by atoms with E-state index in [1.165, 1.54) is 25.9 Å². The lowest BCUT2D eigenvalue weighted by Gasteiger charge is -2.29. The quantitative estimate of drug-likeness (QED) is 0.912. The first-order chi connectivity index (χ1) is 8.63. The molecule has 0 unspecified atom stereocenters. The summed E-state index contributed by atoms with van der Waals surface area (Å²) in [5.74, 6) is 0.802. The summed E-state index contributed by atoms with van der Waals surface area (Å²) < 4.78 is 0. The number of rotatable bonds is 4. The Balaban J connectivity index is 1.74. The van der Waals surface area contributed by atoms with Crippen molar-refractivity contribution < 1.29 is 0 Å². The maximum absolute atomic E-state index is 5.98. The number of nitrogens with one attached hydrogen (secondary N) is 1. The van der Waals surface area contributed by atoms with E-state index in [4.69, 9.17) is 23.2 Å². The normalized spacial score (nSPS) is 18.2. The van der Waals surface area contributed by atoms with Crippen LogP contribution in [-0.2, 0) is 6.54 Å². The summed E-state index contributed by atoms with van der Waals surface area (Å²) >= 11 is 12.0. The van der Waals surface area contributed by atoms with E-state index >= 15 is 0 Å². The zero-order valence-electron chi connectivity index (χ0n) is 10.8. The van der Waals surface area contributed by atoms with Gasteiger partial charge in [0, 0.05) is 16.6 Å². The molecule has 1 saturated heterocycles. The third-order valence-corrected chi connectivity index (χ3v) is 3.96. The lowest BCUT2D eigenvalue weighted by Crippen LogP contribution is -2.34. The molecule has 0 saturated carbocycles. The highest BCUT2D eigenvalue weighted by Crippen LogP contribution is 2.19. The maximum Gasteiger partial charge on any atom is 0.0424 e. The van der Waals surface area contributed by atoms with Gasteiger partial charge in [-0.1, -0.05) is 23.2 Å². The van der Waals surface area contributed by atoms with Crippen molar-refractivity contribution in [3.63, 3.8) is 0 Å². The van der Waals surface area contributed by atoms with Crippen molar-refractivity contribution in [2.45, 2.75) is 19.4 Å². The van der Waals surface area contributed by atoms with Crippen molar-refractivity contribution in [2.75, 3.05) is 26.7 Å². The van der Waals surface area contributed by atoms with E-state index in [2.05, 4.69) is 17.3 Å². The molecule has 100 valence electrons. The summed E-state index contributed by atoms with van der Waals surface area (Å²) in [5, 5.41) is 4.92.